The van der Waals surface area contributed by atoms with Gasteiger partial charge in [-0.2, -0.15) is 0 Å². The summed E-state index contributed by atoms with van der Waals surface area (Å²) in [5.74, 6) is -0.213. The number of halogens is 2. The number of benzene rings is 2. The highest BCUT2D eigenvalue weighted by molar-refractivity contribution is 6.35. The fourth-order valence-electron chi connectivity index (χ4n) is 3.89. The van der Waals surface area contributed by atoms with Crippen LogP contribution in [0.2, 0.25) is 10.0 Å². The number of rotatable bonds is 8. The molecular formula is C24H28Cl2N2O2. The number of carbonyl (C=O) groups excluding carboxylic acids is 2. The Kier molecular flexibility index (Phi) is 8.17. The molecule has 30 heavy (non-hydrogen) atoms. The molecule has 0 aliphatic heterocycles. The Hall–Kier alpha value is -2.04. The fraction of sp³-hybridized carbons (Fsp3) is 0.417. The molecule has 0 spiro atoms. The van der Waals surface area contributed by atoms with Gasteiger partial charge in [-0.15, -0.1) is 0 Å². The third kappa shape index (κ3) is 6.23. The molecule has 1 atom stereocenters. The van der Waals surface area contributed by atoms with Crippen LogP contribution in [0.3, 0.4) is 0 Å². The van der Waals surface area contributed by atoms with Gasteiger partial charge in [-0.3, -0.25) is 9.59 Å². The fourth-order valence-corrected chi connectivity index (χ4v) is 4.37. The molecule has 0 bridgehead atoms. The number of hydrogen-bond acceptors (Lipinski definition) is 2. The zero-order chi connectivity index (χ0) is 21.5. The van der Waals surface area contributed by atoms with E-state index >= 15 is 0 Å². The van der Waals surface area contributed by atoms with Crippen molar-refractivity contribution in [2.75, 3.05) is 6.54 Å². The molecule has 2 amide bonds. The molecule has 0 heterocycles. The number of carbonyl (C=O) groups is 2. The predicted octanol–water partition coefficient (Wildman–Crippen LogP) is 5.05. The van der Waals surface area contributed by atoms with Crippen molar-refractivity contribution in [1.82, 2.24) is 10.2 Å². The first-order valence-electron chi connectivity index (χ1n) is 10.5. The molecule has 1 unspecified atom stereocenters. The lowest BCUT2D eigenvalue weighted by atomic mass is 10.1. The van der Waals surface area contributed by atoms with Gasteiger partial charge in [-0.1, -0.05) is 72.4 Å². The number of nitrogens with zero attached hydrogens (tertiary/aromatic N) is 1. The van der Waals surface area contributed by atoms with Crippen LogP contribution in [0.1, 0.15) is 43.7 Å². The second-order valence-corrected chi connectivity index (χ2v) is 8.74. The summed E-state index contributed by atoms with van der Waals surface area (Å²) in [5, 5.41) is 4.11. The van der Waals surface area contributed by atoms with Crippen LogP contribution in [-0.2, 0) is 22.4 Å². The summed E-state index contributed by atoms with van der Waals surface area (Å²) in [4.78, 5) is 27.7. The lowest BCUT2D eigenvalue weighted by molar-refractivity contribution is -0.139. The third-order valence-corrected chi connectivity index (χ3v) is 6.30. The predicted molar refractivity (Wildman–Crippen MR) is 122 cm³/mol. The molecule has 0 radical (unpaired) electrons. The standard InChI is InChI=1S/C24H28Cl2N2O2/c1-17(24(30)27-21-9-5-6-10-21)28(14-13-18-7-3-2-4-8-18)23(29)15-19-11-12-20(25)16-22(19)26/h2-4,7-8,11-12,16-17,21H,5-6,9-10,13-15H2,1H3,(H,27,30). The minimum atomic E-state index is -0.548. The van der Waals surface area contributed by atoms with Crippen LogP contribution in [0.5, 0.6) is 0 Å². The van der Waals surface area contributed by atoms with E-state index in [0.29, 0.717) is 28.6 Å². The van der Waals surface area contributed by atoms with Crippen LogP contribution in [0, 0.1) is 0 Å². The Morgan fingerprint density at radius 2 is 1.80 bits per heavy atom. The summed E-state index contributed by atoms with van der Waals surface area (Å²) in [6, 6.07) is 14.8. The molecule has 4 nitrogen and oxygen atoms in total. The van der Waals surface area contributed by atoms with Crippen molar-refractivity contribution in [3.8, 4) is 0 Å². The summed E-state index contributed by atoms with van der Waals surface area (Å²) >= 11 is 12.2. The lowest BCUT2D eigenvalue weighted by Gasteiger charge is -2.30. The summed E-state index contributed by atoms with van der Waals surface area (Å²) in [6.45, 7) is 2.27. The van der Waals surface area contributed by atoms with Crippen molar-refractivity contribution in [3.05, 3.63) is 69.7 Å². The highest BCUT2D eigenvalue weighted by atomic mass is 35.5. The monoisotopic (exact) mass is 446 g/mol. The highest BCUT2D eigenvalue weighted by Gasteiger charge is 2.28. The van der Waals surface area contributed by atoms with Gasteiger partial charge in [0.05, 0.1) is 6.42 Å². The van der Waals surface area contributed by atoms with E-state index in [4.69, 9.17) is 23.2 Å². The van der Waals surface area contributed by atoms with E-state index in [1.165, 1.54) is 0 Å². The molecule has 3 rings (SSSR count). The zero-order valence-corrected chi connectivity index (χ0v) is 18.8. The first kappa shape index (κ1) is 22.6. The van der Waals surface area contributed by atoms with Gasteiger partial charge in [0, 0.05) is 22.6 Å². The first-order valence-corrected chi connectivity index (χ1v) is 11.3. The maximum atomic E-state index is 13.2. The Morgan fingerprint density at radius 3 is 2.47 bits per heavy atom. The second-order valence-electron chi connectivity index (χ2n) is 7.90. The quantitative estimate of drug-likeness (QED) is 0.616. The second kappa shape index (κ2) is 10.8. The summed E-state index contributed by atoms with van der Waals surface area (Å²) in [7, 11) is 0. The number of nitrogens with one attached hydrogen (secondary N) is 1. The lowest BCUT2D eigenvalue weighted by Crippen LogP contribution is -2.51. The van der Waals surface area contributed by atoms with E-state index in [2.05, 4.69) is 5.32 Å². The van der Waals surface area contributed by atoms with Gasteiger partial charge in [-0.25, -0.2) is 0 Å². The van der Waals surface area contributed by atoms with E-state index in [0.717, 1.165) is 31.2 Å². The van der Waals surface area contributed by atoms with E-state index in [1.54, 1.807) is 30.0 Å². The molecule has 2 aromatic rings. The molecule has 160 valence electrons. The SMILES string of the molecule is CC(C(=O)NC1CCCC1)N(CCc1ccccc1)C(=O)Cc1ccc(Cl)cc1Cl. The Labute approximate surface area is 188 Å². The average molecular weight is 447 g/mol. The molecule has 1 aliphatic rings. The Bertz CT molecular complexity index is 867. The summed E-state index contributed by atoms with van der Waals surface area (Å²) in [6.07, 6.45) is 5.12. The maximum Gasteiger partial charge on any atom is 0.242 e. The Balaban J connectivity index is 1.72. The zero-order valence-electron chi connectivity index (χ0n) is 17.2. The first-order chi connectivity index (χ1) is 14.4. The van der Waals surface area contributed by atoms with Crippen LogP contribution < -0.4 is 5.32 Å². The Morgan fingerprint density at radius 1 is 1.10 bits per heavy atom. The van der Waals surface area contributed by atoms with E-state index in [1.807, 2.05) is 30.3 Å². The third-order valence-electron chi connectivity index (χ3n) is 5.71. The van der Waals surface area contributed by atoms with Crippen LogP contribution in [0.15, 0.2) is 48.5 Å². The molecular weight excluding hydrogens is 419 g/mol. The molecule has 1 fully saturated rings. The largest absolute Gasteiger partial charge is 0.352 e. The van der Waals surface area contributed by atoms with Gasteiger partial charge >= 0.3 is 0 Å². The van der Waals surface area contributed by atoms with E-state index < -0.39 is 6.04 Å². The van der Waals surface area contributed by atoms with Crippen molar-refractivity contribution < 1.29 is 9.59 Å². The van der Waals surface area contributed by atoms with E-state index in [-0.39, 0.29) is 24.3 Å². The number of amides is 2. The molecule has 6 heteroatoms. The normalized spacial score (nSPS) is 15.0. The van der Waals surface area contributed by atoms with Gasteiger partial charge in [0.15, 0.2) is 0 Å². The molecule has 2 aromatic carbocycles. The molecule has 1 saturated carbocycles. The van der Waals surface area contributed by atoms with Gasteiger partial charge in [-0.05, 0) is 49.4 Å². The van der Waals surface area contributed by atoms with E-state index in [9.17, 15) is 9.59 Å². The highest BCUT2D eigenvalue weighted by Crippen LogP contribution is 2.23. The minimum absolute atomic E-state index is 0.0921. The van der Waals surface area contributed by atoms with Gasteiger partial charge in [0.1, 0.15) is 6.04 Å². The van der Waals surface area contributed by atoms with Crippen molar-refractivity contribution >= 4 is 35.0 Å². The molecule has 1 aliphatic carbocycles. The van der Waals surface area contributed by atoms with Gasteiger partial charge < -0.3 is 10.2 Å². The van der Waals surface area contributed by atoms with Crippen LogP contribution in [0.25, 0.3) is 0 Å². The van der Waals surface area contributed by atoms with Crippen molar-refractivity contribution in [3.63, 3.8) is 0 Å². The molecule has 0 aromatic heterocycles. The van der Waals surface area contributed by atoms with Gasteiger partial charge in [0.25, 0.3) is 0 Å². The van der Waals surface area contributed by atoms with Crippen molar-refractivity contribution in [2.45, 2.75) is 57.5 Å². The smallest absolute Gasteiger partial charge is 0.242 e. The van der Waals surface area contributed by atoms with Crippen LogP contribution in [-0.4, -0.2) is 35.3 Å². The summed E-state index contributed by atoms with van der Waals surface area (Å²) < 4.78 is 0. The molecule has 1 N–H and O–H groups in total. The topological polar surface area (TPSA) is 49.4 Å². The molecule has 0 saturated heterocycles. The average Bonchev–Trinajstić information content (AvgIpc) is 3.24. The van der Waals surface area contributed by atoms with Crippen molar-refractivity contribution in [2.24, 2.45) is 0 Å². The van der Waals surface area contributed by atoms with Crippen LogP contribution in [0.4, 0.5) is 0 Å². The van der Waals surface area contributed by atoms with Crippen molar-refractivity contribution in [1.29, 1.82) is 0 Å². The van der Waals surface area contributed by atoms with Gasteiger partial charge in [0.2, 0.25) is 11.8 Å². The summed E-state index contributed by atoms with van der Waals surface area (Å²) in [5.41, 5.74) is 1.84. The maximum absolute atomic E-state index is 13.2. The van der Waals surface area contributed by atoms with Crippen LogP contribution >= 0.6 is 23.2 Å². The minimum Gasteiger partial charge on any atom is -0.352 e. The number of hydrogen-bond donors (Lipinski definition) is 1.